The van der Waals surface area contributed by atoms with Gasteiger partial charge in [0.2, 0.25) is 0 Å². The fraction of sp³-hybridized carbons (Fsp3) is 0.500. The van der Waals surface area contributed by atoms with Crippen molar-refractivity contribution in [3.63, 3.8) is 0 Å². The first-order chi connectivity index (χ1) is 9.67. The molecule has 0 radical (unpaired) electrons. The molecule has 2 aromatic rings. The summed E-state index contributed by atoms with van der Waals surface area (Å²) in [6.07, 6.45) is 6.91. The molecule has 0 aromatic carbocycles. The van der Waals surface area contributed by atoms with E-state index in [0.717, 1.165) is 17.0 Å². The number of hydrogen-bond acceptors (Lipinski definition) is 5. The number of nitrogens with two attached hydrogens (primary N) is 1. The third kappa shape index (κ3) is 2.38. The summed E-state index contributed by atoms with van der Waals surface area (Å²) in [5.41, 5.74) is 5.63. The molecule has 1 fully saturated rings. The molecule has 0 saturated heterocycles. The van der Waals surface area contributed by atoms with Gasteiger partial charge in [-0.25, -0.2) is 15.8 Å². The Balaban J connectivity index is 2.05. The molecule has 0 atom stereocenters. The highest BCUT2D eigenvalue weighted by molar-refractivity contribution is 5.59. The van der Waals surface area contributed by atoms with Crippen molar-refractivity contribution in [3.05, 3.63) is 23.7 Å². The van der Waals surface area contributed by atoms with Gasteiger partial charge in [-0.15, -0.1) is 0 Å². The molecule has 1 aliphatic carbocycles. The van der Waals surface area contributed by atoms with Crippen molar-refractivity contribution in [2.24, 2.45) is 12.9 Å². The van der Waals surface area contributed by atoms with Crippen molar-refractivity contribution in [2.75, 3.05) is 5.43 Å². The number of aromatic nitrogens is 4. The molecule has 3 rings (SSSR count). The van der Waals surface area contributed by atoms with Crippen molar-refractivity contribution in [1.29, 1.82) is 0 Å². The normalized spacial score (nSPS) is 15.8. The van der Waals surface area contributed by atoms with Gasteiger partial charge in [-0.2, -0.15) is 5.10 Å². The molecule has 0 amide bonds. The summed E-state index contributed by atoms with van der Waals surface area (Å²) in [4.78, 5) is 9.21. The molecule has 6 heteroatoms. The Bertz CT molecular complexity index is 612. The predicted octanol–water partition coefficient (Wildman–Crippen LogP) is 2.13. The quantitative estimate of drug-likeness (QED) is 0.660. The maximum atomic E-state index is 5.55. The minimum Gasteiger partial charge on any atom is -0.308 e. The van der Waals surface area contributed by atoms with E-state index in [1.165, 1.54) is 25.7 Å². The smallest absolute Gasteiger partial charge is 0.165 e. The fourth-order valence-corrected chi connectivity index (χ4v) is 2.91. The highest BCUT2D eigenvalue weighted by Gasteiger charge is 2.21. The van der Waals surface area contributed by atoms with E-state index in [1.807, 2.05) is 26.2 Å². The lowest BCUT2D eigenvalue weighted by Crippen LogP contribution is -2.11. The number of hydrogen-bond donors (Lipinski definition) is 2. The van der Waals surface area contributed by atoms with Crippen molar-refractivity contribution >= 4 is 5.82 Å². The second kappa shape index (κ2) is 5.20. The van der Waals surface area contributed by atoms with Crippen LogP contribution in [0.4, 0.5) is 5.82 Å². The molecule has 2 aromatic heterocycles. The average Bonchev–Trinajstić information content (AvgIpc) is 3.08. The maximum absolute atomic E-state index is 5.55. The summed E-state index contributed by atoms with van der Waals surface area (Å²) in [6, 6.07) is 1.96. The number of anilines is 1. The molecule has 0 bridgehead atoms. The molecule has 0 unspecified atom stereocenters. The van der Waals surface area contributed by atoms with E-state index in [2.05, 4.69) is 15.5 Å². The zero-order chi connectivity index (χ0) is 14.1. The van der Waals surface area contributed by atoms with E-state index >= 15 is 0 Å². The minimum absolute atomic E-state index is 0.529. The number of nitrogens with one attached hydrogen (secondary N) is 1. The van der Waals surface area contributed by atoms with Gasteiger partial charge in [-0.3, -0.25) is 4.68 Å². The maximum Gasteiger partial charge on any atom is 0.165 e. The molecule has 0 spiro atoms. The minimum atomic E-state index is 0.529. The highest BCUT2D eigenvalue weighted by Crippen LogP contribution is 2.34. The SMILES string of the molecule is Cc1nn(C)cc1-c1nc(NN)cc(C2CCCC2)n1. The van der Waals surface area contributed by atoms with Crippen LogP contribution in [0.3, 0.4) is 0 Å². The summed E-state index contributed by atoms with van der Waals surface area (Å²) in [6.45, 7) is 1.97. The Kier molecular flexibility index (Phi) is 3.40. The van der Waals surface area contributed by atoms with Crippen LogP contribution >= 0.6 is 0 Å². The van der Waals surface area contributed by atoms with Crippen LogP contribution in [-0.2, 0) is 7.05 Å². The van der Waals surface area contributed by atoms with Gasteiger partial charge in [-0.1, -0.05) is 12.8 Å². The highest BCUT2D eigenvalue weighted by atomic mass is 15.3. The second-order valence-electron chi connectivity index (χ2n) is 5.43. The lowest BCUT2D eigenvalue weighted by molar-refractivity contribution is 0.695. The van der Waals surface area contributed by atoms with Crippen LogP contribution in [0, 0.1) is 6.92 Å². The van der Waals surface area contributed by atoms with Crippen molar-refractivity contribution in [1.82, 2.24) is 19.7 Å². The molecular weight excluding hydrogens is 252 g/mol. The molecule has 2 heterocycles. The van der Waals surface area contributed by atoms with E-state index < -0.39 is 0 Å². The van der Waals surface area contributed by atoms with Gasteiger partial charge >= 0.3 is 0 Å². The first-order valence-corrected chi connectivity index (χ1v) is 7.03. The lowest BCUT2D eigenvalue weighted by atomic mass is 10.0. The standard InChI is InChI=1S/C14H20N6/c1-9-11(8-20(2)19-9)14-16-12(7-13(17-14)18-15)10-5-3-4-6-10/h7-8,10H,3-6,15H2,1-2H3,(H,16,17,18). The number of nitrogen functional groups attached to an aromatic ring is 1. The van der Waals surface area contributed by atoms with Gasteiger partial charge in [-0.05, 0) is 19.8 Å². The van der Waals surface area contributed by atoms with Crippen molar-refractivity contribution < 1.29 is 0 Å². The zero-order valence-electron chi connectivity index (χ0n) is 11.9. The Morgan fingerprint density at radius 3 is 2.65 bits per heavy atom. The van der Waals surface area contributed by atoms with Crippen LogP contribution < -0.4 is 11.3 Å². The molecule has 3 N–H and O–H groups in total. The average molecular weight is 272 g/mol. The van der Waals surface area contributed by atoms with Gasteiger partial charge in [0.1, 0.15) is 5.82 Å². The Hall–Kier alpha value is -1.95. The number of aryl methyl sites for hydroxylation is 2. The number of nitrogens with zero attached hydrogens (tertiary/aromatic N) is 4. The summed E-state index contributed by atoms with van der Waals surface area (Å²) < 4.78 is 1.78. The summed E-state index contributed by atoms with van der Waals surface area (Å²) in [7, 11) is 1.90. The topological polar surface area (TPSA) is 81.7 Å². The Labute approximate surface area is 118 Å². The summed E-state index contributed by atoms with van der Waals surface area (Å²) in [5.74, 6) is 7.44. The number of rotatable bonds is 3. The predicted molar refractivity (Wildman–Crippen MR) is 78.0 cm³/mol. The first kappa shape index (κ1) is 13.1. The second-order valence-corrected chi connectivity index (χ2v) is 5.43. The van der Waals surface area contributed by atoms with Crippen LogP contribution in [0.15, 0.2) is 12.3 Å². The molecule has 1 aliphatic rings. The van der Waals surface area contributed by atoms with Crippen molar-refractivity contribution in [3.8, 4) is 11.4 Å². The van der Waals surface area contributed by atoms with Gasteiger partial charge in [0.05, 0.1) is 11.3 Å². The monoisotopic (exact) mass is 272 g/mol. The van der Waals surface area contributed by atoms with Crippen LogP contribution in [0.1, 0.15) is 43.0 Å². The van der Waals surface area contributed by atoms with E-state index in [4.69, 9.17) is 10.8 Å². The van der Waals surface area contributed by atoms with Crippen LogP contribution in [-0.4, -0.2) is 19.7 Å². The summed E-state index contributed by atoms with van der Waals surface area (Å²) in [5, 5.41) is 4.36. The van der Waals surface area contributed by atoms with Gasteiger partial charge in [0, 0.05) is 30.9 Å². The Morgan fingerprint density at radius 2 is 2.05 bits per heavy atom. The largest absolute Gasteiger partial charge is 0.308 e. The fourth-order valence-electron chi connectivity index (χ4n) is 2.91. The van der Waals surface area contributed by atoms with E-state index in [9.17, 15) is 0 Å². The zero-order valence-corrected chi connectivity index (χ0v) is 11.9. The van der Waals surface area contributed by atoms with Crippen molar-refractivity contribution in [2.45, 2.75) is 38.5 Å². The third-order valence-corrected chi connectivity index (χ3v) is 3.92. The van der Waals surface area contributed by atoms with E-state index in [1.54, 1.807) is 4.68 Å². The third-order valence-electron chi connectivity index (χ3n) is 3.92. The van der Waals surface area contributed by atoms with E-state index in [0.29, 0.717) is 17.6 Å². The Morgan fingerprint density at radius 1 is 1.30 bits per heavy atom. The molecule has 1 saturated carbocycles. The lowest BCUT2D eigenvalue weighted by Gasteiger charge is -2.11. The first-order valence-electron chi connectivity index (χ1n) is 7.03. The van der Waals surface area contributed by atoms with Gasteiger partial charge in [0.25, 0.3) is 0 Å². The molecule has 0 aliphatic heterocycles. The molecular formula is C14H20N6. The van der Waals surface area contributed by atoms with Gasteiger partial charge < -0.3 is 5.43 Å². The summed E-state index contributed by atoms with van der Waals surface area (Å²) >= 11 is 0. The molecule has 106 valence electrons. The van der Waals surface area contributed by atoms with E-state index in [-0.39, 0.29) is 0 Å². The van der Waals surface area contributed by atoms with Gasteiger partial charge in [0.15, 0.2) is 5.82 Å². The van der Waals surface area contributed by atoms with Crippen LogP contribution in [0.25, 0.3) is 11.4 Å². The molecule has 6 nitrogen and oxygen atoms in total. The van der Waals surface area contributed by atoms with Crippen LogP contribution in [0.5, 0.6) is 0 Å². The van der Waals surface area contributed by atoms with Crippen LogP contribution in [0.2, 0.25) is 0 Å². The number of hydrazine groups is 1. The molecule has 20 heavy (non-hydrogen) atoms.